The van der Waals surface area contributed by atoms with E-state index in [0.29, 0.717) is 19.3 Å². The Morgan fingerprint density at radius 1 is 0.412 bits per heavy atom. The number of esters is 3. The summed E-state index contributed by atoms with van der Waals surface area (Å²) in [5, 5.41) is 9.78. The molecule has 0 saturated carbocycles. The second-order valence-corrected chi connectivity index (χ2v) is 20.2. The minimum atomic E-state index is -4.74. The van der Waals surface area contributed by atoms with E-state index in [1.807, 2.05) is 0 Å². The first-order chi connectivity index (χ1) is 33.2. The fourth-order valence-electron chi connectivity index (χ4n) is 7.73. The van der Waals surface area contributed by atoms with Gasteiger partial charge in [-0.25, -0.2) is 4.57 Å². The molecule has 0 radical (unpaired) electrons. The molecule has 398 valence electrons. The molecule has 0 saturated heterocycles. The molecule has 0 rings (SSSR count). The fraction of sp³-hybridized carbons (Fsp3) is 0.839. The quantitative estimate of drug-likeness (QED) is 0.0197. The Hall–Kier alpha value is -2.30. The van der Waals surface area contributed by atoms with E-state index < -0.39 is 57.8 Å². The van der Waals surface area contributed by atoms with Gasteiger partial charge in [-0.1, -0.05) is 205 Å². The number of carbonyl (C=O) groups is 3. The smallest absolute Gasteiger partial charge is 0.462 e. The molecule has 0 aliphatic carbocycles. The molecule has 0 aliphatic heterocycles. The number of unbranched alkanes of at least 4 members (excludes halogenated alkanes) is 29. The highest BCUT2D eigenvalue weighted by molar-refractivity contribution is 7.47. The van der Waals surface area contributed by atoms with E-state index in [1.54, 1.807) is 0 Å². The summed E-state index contributed by atoms with van der Waals surface area (Å²) in [7, 11) is -4.74. The summed E-state index contributed by atoms with van der Waals surface area (Å²) in [5.41, 5.74) is 0. The summed E-state index contributed by atoms with van der Waals surface area (Å²) in [6, 6.07) is 0. The predicted molar refractivity (Wildman–Crippen MR) is 279 cm³/mol. The summed E-state index contributed by atoms with van der Waals surface area (Å²) in [4.78, 5) is 48.4. The van der Waals surface area contributed by atoms with Crippen molar-refractivity contribution in [3.8, 4) is 0 Å². The van der Waals surface area contributed by atoms with Gasteiger partial charge in [0.25, 0.3) is 0 Å². The maximum atomic E-state index is 12.9. The third-order valence-corrected chi connectivity index (χ3v) is 13.0. The summed E-state index contributed by atoms with van der Waals surface area (Å²) in [6.07, 6.45) is 51.0. The standard InChI is InChI=1S/C56H103O11P/c1-4-7-10-13-16-19-22-24-25-26-27-29-32-35-38-41-44-47-56(60)67-53(49-63-54(58)45-42-39-36-33-31-28-23-20-17-14-11-8-5-2)51-65-68(61,62)64-50-52(48-57)66-55(59)46-43-40-37-34-30-21-18-15-12-9-6-3/h16,19-20,23-25,52-53,57H,4-15,17-18,21-22,26-51H2,1-3H3,(H,61,62)/b19-16-,23-20-,25-24-. The molecule has 0 amide bonds. The van der Waals surface area contributed by atoms with Crippen LogP contribution in [0.2, 0.25) is 0 Å². The van der Waals surface area contributed by atoms with Crippen LogP contribution in [0, 0.1) is 0 Å². The highest BCUT2D eigenvalue weighted by Crippen LogP contribution is 2.43. The lowest BCUT2D eigenvalue weighted by atomic mass is 10.1. The molecule has 0 aromatic rings. The minimum absolute atomic E-state index is 0.160. The number of ether oxygens (including phenoxy) is 3. The Balaban J connectivity index is 4.73. The number of hydrogen-bond donors (Lipinski definition) is 2. The van der Waals surface area contributed by atoms with Gasteiger partial charge in [0.05, 0.1) is 19.8 Å². The van der Waals surface area contributed by atoms with Crippen LogP contribution in [0.5, 0.6) is 0 Å². The lowest BCUT2D eigenvalue weighted by molar-refractivity contribution is -0.161. The zero-order valence-corrected chi connectivity index (χ0v) is 44.7. The van der Waals surface area contributed by atoms with Gasteiger partial charge in [0, 0.05) is 19.3 Å². The van der Waals surface area contributed by atoms with Crippen LogP contribution in [0.4, 0.5) is 0 Å². The van der Waals surface area contributed by atoms with Gasteiger partial charge in [-0.3, -0.25) is 23.4 Å². The van der Waals surface area contributed by atoms with Gasteiger partial charge in [0.1, 0.15) is 12.7 Å². The maximum absolute atomic E-state index is 12.9. The van der Waals surface area contributed by atoms with E-state index in [-0.39, 0.29) is 25.9 Å². The van der Waals surface area contributed by atoms with Gasteiger partial charge in [-0.05, 0) is 77.0 Å². The number of hydrogen-bond acceptors (Lipinski definition) is 10. The third-order valence-electron chi connectivity index (χ3n) is 12.0. The topological polar surface area (TPSA) is 155 Å². The second kappa shape index (κ2) is 51.1. The normalized spacial score (nSPS) is 13.7. The summed E-state index contributed by atoms with van der Waals surface area (Å²) >= 11 is 0. The molecule has 3 atom stereocenters. The number of carbonyl (C=O) groups excluding carboxylic acids is 3. The average molecular weight is 983 g/mol. The molecule has 0 bridgehead atoms. The zero-order valence-electron chi connectivity index (χ0n) is 43.8. The first kappa shape index (κ1) is 65.7. The van der Waals surface area contributed by atoms with Crippen LogP contribution in [0.1, 0.15) is 265 Å². The molecule has 0 heterocycles. The second-order valence-electron chi connectivity index (χ2n) is 18.7. The van der Waals surface area contributed by atoms with E-state index in [9.17, 15) is 28.9 Å². The van der Waals surface area contributed by atoms with E-state index in [0.717, 1.165) is 96.3 Å². The Morgan fingerprint density at radius 2 is 0.721 bits per heavy atom. The zero-order chi connectivity index (χ0) is 49.9. The molecule has 68 heavy (non-hydrogen) atoms. The van der Waals surface area contributed by atoms with Crippen molar-refractivity contribution in [1.29, 1.82) is 0 Å². The number of aliphatic hydroxyl groups excluding tert-OH is 1. The van der Waals surface area contributed by atoms with Crippen LogP contribution in [0.25, 0.3) is 0 Å². The number of allylic oxidation sites excluding steroid dienone is 6. The molecule has 0 aliphatic rings. The Morgan fingerprint density at radius 3 is 1.15 bits per heavy atom. The lowest BCUT2D eigenvalue weighted by Crippen LogP contribution is -2.30. The molecular weight excluding hydrogens is 880 g/mol. The number of aliphatic hydroxyl groups is 1. The minimum Gasteiger partial charge on any atom is -0.462 e. The number of rotatable bonds is 52. The fourth-order valence-corrected chi connectivity index (χ4v) is 8.52. The van der Waals surface area contributed by atoms with Gasteiger partial charge in [0.15, 0.2) is 6.10 Å². The first-order valence-corrected chi connectivity index (χ1v) is 29.4. The van der Waals surface area contributed by atoms with Crippen LogP contribution in [-0.2, 0) is 42.2 Å². The highest BCUT2D eigenvalue weighted by Gasteiger charge is 2.28. The Bertz CT molecular complexity index is 1280. The molecule has 0 fully saturated rings. The number of phosphoric acid groups is 1. The van der Waals surface area contributed by atoms with Crippen molar-refractivity contribution < 1.29 is 52.2 Å². The van der Waals surface area contributed by atoms with E-state index in [2.05, 4.69) is 57.2 Å². The summed E-state index contributed by atoms with van der Waals surface area (Å²) in [6.45, 7) is 4.60. The summed E-state index contributed by atoms with van der Waals surface area (Å²) in [5.74, 6) is -1.47. The van der Waals surface area contributed by atoms with Crippen LogP contribution in [0.3, 0.4) is 0 Å². The van der Waals surface area contributed by atoms with Gasteiger partial charge in [-0.15, -0.1) is 0 Å². The predicted octanol–water partition coefficient (Wildman–Crippen LogP) is 16.0. The molecule has 0 spiro atoms. The lowest BCUT2D eigenvalue weighted by Gasteiger charge is -2.21. The Kier molecular flexibility index (Phi) is 49.3. The van der Waals surface area contributed by atoms with E-state index in [1.165, 1.54) is 109 Å². The molecule has 2 N–H and O–H groups in total. The van der Waals surface area contributed by atoms with Crippen LogP contribution in [-0.4, -0.2) is 66.5 Å². The van der Waals surface area contributed by atoms with Crippen LogP contribution < -0.4 is 0 Å². The SMILES string of the molecule is CCCCC/C=C\C/C=C\CCCCCCCCCC(=O)OC(COC(=O)CCCCCCC/C=C\CCCCCC)COP(=O)(O)OCC(CO)OC(=O)CCCCCCCCCCCCC. The molecule has 3 unspecified atom stereocenters. The summed E-state index contributed by atoms with van der Waals surface area (Å²) < 4.78 is 39.4. The largest absolute Gasteiger partial charge is 0.472 e. The van der Waals surface area contributed by atoms with Crippen molar-refractivity contribution in [1.82, 2.24) is 0 Å². The van der Waals surface area contributed by atoms with E-state index in [4.69, 9.17) is 23.3 Å². The van der Waals surface area contributed by atoms with Crippen molar-refractivity contribution in [3.05, 3.63) is 36.5 Å². The third kappa shape index (κ3) is 48.7. The van der Waals surface area contributed by atoms with Crippen LogP contribution in [0.15, 0.2) is 36.5 Å². The van der Waals surface area contributed by atoms with Crippen molar-refractivity contribution in [2.24, 2.45) is 0 Å². The van der Waals surface area contributed by atoms with Crippen molar-refractivity contribution in [2.45, 2.75) is 277 Å². The van der Waals surface area contributed by atoms with Crippen LogP contribution >= 0.6 is 7.82 Å². The maximum Gasteiger partial charge on any atom is 0.472 e. The van der Waals surface area contributed by atoms with Crippen molar-refractivity contribution >= 4 is 25.7 Å². The van der Waals surface area contributed by atoms with Gasteiger partial charge in [0.2, 0.25) is 0 Å². The molecule has 0 aromatic carbocycles. The number of phosphoric ester groups is 1. The van der Waals surface area contributed by atoms with Crippen molar-refractivity contribution in [2.75, 3.05) is 26.4 Å². The Labute approximate surface area is 416 Å². The van der Waals surface area contributed by atoms with E-state index >= 15 is 0 Å². The first-order valence-electron chi connectivity index (χ1n) is 27.9. The molecule has 12 heteroatoms. The molecular formula is C56H103O11P. The van der Waals surface area contributed by atoms with Gasteiger partial charge < -0.3 is 24.2 Å². The van der Waals surface area contributed by atoms with Gasteiger partial charge >= 0.3 is 25.7 Å². The molecule has 0 aromatic heterocycles. The van der Waals surface area contributed by atoms with Crippen molar-refractivity contribution in [3.63, 3.8) is 0 Å². The molecule has 11 nitrogen and oxygen atoms in total. The highest BCUT2D eigenvalue weighted by atomic mass is 31.2. The monoisotopic (exact) mass is 983 g/mol. The van der Waals surface area contributed by atoms with Gasteiger partial charge in [-0.2, -0.15) is 0 Å². The average Bonchev–Trinajstić information content (AvgIpc) is 3.32.